The van der Waals surface area contributed by atoms with E-state index in [1.165, 1.54) is 0 Å². The zero-order chi connectivity index (χ0) is 22.2. The third-order valence-corrected chi connectivity index (χ3v) is 5.25. The molecule has 5 aromatic rings. The van der Waals surface area contributed by atoms with Gasteiger partial charge in [-0.25, -0.2) is 14.6 Å². The van der Waals surface area contributed by atoms with E-state index in [0.29, 0.717) is 47.1 Å². The molecule has 0 aliphatic heterocycles. The summed E-state index contributed by atoms with van der Waals surface area (Å²) >= 11 is 0. The van der Waals surface area contributed by atoms with Gasteiger partial charge in [-0.2, -0.15) is 0 Å². The summed E-state index contributed by atoms with van der Waals surface area (Å²) in [6.45, 7) is 1.12. The summed E-state index contributed by atoms with van der Waals surface area (Å²) in [4.78, 5) is 26.7. The number of carbonyl (C=O) groups excluding carboxylic acids is 1. The maximum absolute atomic E-state index is 12.4. The van der Waals surface area contributed by atoms with Crippen molar-refractivity contribution in [1.29, 1.82) is 0 Å². The molecule has 0 atom stereocenters. The number of benzene rings is 2. The summed E-state index contributed by atoms with van der Waals surface area (Å²) in [5, 5.41) is 7.72. The first-order chi connectivity index (χ1) is 15.5. The molecule has 0 unspecified atom stereocenters. The van der Waals surface area contributed by atoms with Crippen LogP contribution >= 0.6 is 0 Å². The number of H-pyrrole nitrogens is 1. The van der Waals surface area contributed by atoms with Gasteiger partial charge in [0.05, 0.1) is 17.6 Å². The van der Waals surface area contributed by atoms with Gasteiger partial charge in [-0.1, -0.05) is 0 Å². The van der Waals surface area contributed by atoms with Gasteiger partial charge in [0, 0.05) is 45.1 Å². The van der Waals surface area contributed by atoms with Crippen molar-refractivity contribution < 1.29 is 14.2 Å². The van der Waals surface area contributed by atoms with Crippen LogP contribution in [0.15, 0.2) is 47.2 Å². The maximum Gasteiger partial charge on any atom is 0.253 e. The minimum atomic E-state index is -0.0697. The smallest absolute Gasteiger partial charge is 0.253 e. The Morgan fingerprint density at radius 1 is 1.09 bits per heavy atom. The molecule has 0 saturated heterocycles. The highest BCUT2D eigenvalue weighted by Gasteiger charge is 2.18. The predicted octanol–water partition coefficient (Wildman–Crippen LogP) is 2.98. The Hall–Kier alpha value is -4.05. The number of aromatic nitrogens is 6. The number of hydrogen-bond acceptors (Lipinski definition) is 7. The molecule has 0 spiro atoms. The third kappa shape index (κ3) is 3.40. The average Bonchev–Trinajstić information content (AvgIpc) is 3.54. The summed E-state index contributed by atoms with van der Waals surface area (Å²) in [6.07, 6.45) is 1.82. The van der Waals surface area contributed by atoms with Gasteiger partial charge in [-0.3, -0.25) is 4.79 Å². The number of rotatable bonds is 6. The standard InChI is InChI=1S/C22H21N7O3/c1-28(2)22(30)14-5-7-19-17(11-14)25-21(29(19)8-9-31-3)18-12-23-20(24-18)13-4-6-15-16(10-13)27-32-26-15/h4-7,10-12H,8-9H2,1-3H3,(H,23,24). The van der Waals surface area contributed by atoms with Crippen molar-refractivity contribution in [2.45, 2.75) is 6.54 Å². The first-order valence-electron chi connectivity index (χ1n) is 10.0. The molecule has 10 nitrogen and oxygen atoms in total. The van der Waals surface area contributed by atoms with E-state index in [1.54, 1.807) is 26.1 Å². The van der Waals surface area contributed by atoms with Crippen molar-refractivity contribution in [2.75, 3.05) is 27.8 Å². The van der Waals surface area contributed by atoms with Crippen molar-refractivity contribution in [3.05, 3.63) is 48.2 Å². The summed E-state index contributed by atoms with van der Waals surface area (Å²) in [5.41, 5.74) is 5.11. The van der Waals surface area contributed by atoms with Gasteiger partial charge in [0.2, 0.25) is 0 Å². The molecule has 0 saturated carbocycles. The van der Waals surface area contributed by atoms with Crippen LogP contribution in [0.4, 0.5) is 0 Å². The quantitative estimate of drug-likeness (QED) is 0.439. The van der Waals surface area contributed by atoms with Gasteiger partial charge in [0.15, 0.2) is 5.82 Å². The number of nitrogens with one attached hydrogen (secondary N) is 1. The molecular formula is C22H21N7O3. The van der Waals surface area contributed by atoms with Crippen LogP contribution in [0.1, 0.15) is 10.4 Å². The predicted molar refractivity (Wildman–Crippen MR) is 118 cm³/mol. The lowest BCUT2D eigenvalue weighted by Crippen LogP contribution is -2.21. The maximum atomic E-state index is 12.4. The fourth-order valence-corrected chi connectivity index (χ4v) is 3.64. The van der Waals surface area contributed by atoms with Crippen molar-refractivity contribution in [2.24, 2.45) is 0 Å². The van der Waals surface area contributed by atoms with Crippen LogP contribution in [-0.2, 0) is 11.3 Å². The highest BCUT2D eigenvalue weighted by molar-refractivity contribution is 5.97. The van der Waals surface area contributed by atoms with Crippen LogP contribution in [0.3, 0.4) is 0 Å². The van der Waals surface area contributed by atoms with E-state index in [9.17, 15) is 4.79 Å². The lowest BCUT2D eigenvalue weighted by molar-refractivity contribution is 0.0827. The molecule has 0 aliphatic carbocycles. The van der Waals surface area contributed by atoms with Crippen molar-refractivity contribution in [3.63, 3.8) is 0 Å². The van der Waals surface area contributed by atoms with Crippen LogP contribution in [-0.4, -0.2) is 68.5 Å². The fourth-order valence-electron chi connectivity index (χ4n) is 3.64. The number of fused-ring (bicyclic) bond motifs is 2. The number of aromatic amines is 1. The molecule has 0 bridgehead atoms. The van der Waals surface area contributed by atoms with Gasteiger partial charge in [-0.05, 0) is 46.7 Å². The lowest BCUT2D eigenvalue weighted by atomic mass is 10.2. The number of hydrogen-bond donors (Lipinski definition) is 1. The Bertz CT molecular complexity index is 1430. The van der Waals surface area contributed by atoms with Crippen LogP contribution in [0.2, 0.25) is 0 Å². The molecule has 5 rings (SSSR count). The normalized spacial score (nSPS) is 11.5. The van der Waals surface area contributed by atoms with E-state index >= 15 is 0 Å². The van der Waals surface area contributed by atoms with Gasteiger partial charge in [0.1, 0.15) is 22.6 Å². The number of carbonyl (C=O) groups is 1. The second-order valence-electron chi connectivity index (χ2n) is 7.58. The van der Waals surface area contributed by atoms with E-state index in [-0.39, 0.29) is 5.91 Å². The van der Waals surface area contributed by atoms with E-state index < -0.39 is 0 Å². The molecule has 10 heteroatoms. The lowest BCUT2D eigenvalue weighted by Gasteiger charge is -2.10. The molecule has 0 radical (unpaired) electrons. The van der Waals surface area contributed by atoms with Gasteiger partial charge >= 0.3 is 0 Å². The van der Waals surface area contributed by atoms with Crippen LogP contribution < -0.4 is 0 Å². The second-order valence-corrected chi connectivity index (χ2v) is 7.58. The Morgan fingerprint density at radius 3 is 2.75 bits per heavy atom. The van der Waals surface area contributed by atoms with E-state index in [4.69, 9.17) is 19.3 Å². The molecular weight excluding hydrogens is 410 g/mol. The Morgan fingerprint density at radius 2 is 1.94 bits per heavy atom. The van der Waals surface area contributed by atoms with Gasteiger partial charge in [-0.15, -0.1) is 0 Å². The molecule has 32 heavy (non-hydrogen) atoms. The highest BCUT2D eigenvalue weighted by atomic mass is 16.6. The van der Waals surface area contributed by atoms with Crippen molar-refractivity contribution >= 4 is 28.0 Å². The largest absolute Gasteiger partial charge is 0.383 e. The molecule has 0 fully saturated rings. The topological polar surface area (TPSA) is 115 Å². The van der Waals surface area contributed by atoms with E-state index in [2.05, 4.69) is 15.3 Å². The fraction of sp³-hybridized carbons (Fsp3) is 0.227. The zero-order valence-corrected chi connectivity index (χ0v) is 17.9. The monoisotopic (exact) mass is 431 g/mol. The highest BCUT2D eigenvalue weighted by Crippen LogP contribution is 2.27. The molecule has 162 valence electrons. The Balaban J connectivity index is 1.58. The number of ether oxygens (including phenoxy) is 1. The number of amides is 1. The average molecular weight is 431 g/mol. The summed E-state index contributed by atoms with van der Waals surface area (Å²) in [6, 6.07) is 11.1. The van der Waals surface area contributed by atoms with Gasteiger partial charge in [0.25, 0.3) is 5.91 Å². The van der Waals surface area contributed by atoms with Crippen molar-refractivity contribution in [3.8, 4) is 22.9 Å². The Kier molecular flexibility index (Phi) is 4.91. The molecule has 0 aliphatic rings. The molecule has 1 N–H and O–H groups in total. The number of imidazole rings is 2. The minimum absolute atomic E-state index is 0.0697. The second kappa shape index (κ2) is 7.89. The summed E-state index contributed by atoms with van der Waals surface area (Å²) in [7, 11) is 5.12. The first-order valence-corrected chi connectivity index (χ1v) is 10.0. The van der Waals surface area contributed by atoms with E-state index in [1.807, 2.05) is 47.2 Å². The molecule has 3 aromatic heterocycles. The number of nitrogens with zero attached hydrogens (tertiary/aromatic N) is 6. The van der Waals surface area contributed by atoms with Gasteiger partial charge < -0.3 is 19.2 Å². The first kappa shape index (κ1) is 19.9. The van der Waals surface area contributed by atoms with Crippen LogP contribution in [0, 0.1) is 0 Å². The molecule has 1 amide bonds. The molecule has 3 heterocycles. The van der Waals surface area contributed by atoms with Crippen molar-refractivity contribution in [1.82, 2.24) is 34.7 Å². The summed E-state index contributed by atoms with van der Waals surface area (Å²) < 4.78 is 12.1. The summed E-state index contributed by atoms with van der Waals surface area (Å²) in [5.74, 6) is 1.30. The number of methoxy groups -OCH3 is 1. The van der Waals surface area contributed by atoms with Crippen LogP contribution in [0.5, 0.6) is 0 Å². The van der Waals surface area contributed by atoms with E-state index in [0.717, 1.165) is 16.6 Å². The molecule has 2 aromatic carbocycles. The third-order valence-electron chi connectivity index (χ3n) is 5.25. The Labute approximate surface area is 182 Å². The minimum Gasteiger partial charge on any atom is -0.383 e. The SMILES string of the molecule is COCCn1c(-c2c[nH]c(-c3ccc4nonc4c3)n2)nc2cc(C(=O)N(C)C)ccc21. The van der Waals surface area contributed by atoms with Crippen LogP contribution in [0.25, 0.3) is 45.0 Å². The zero-order valence-electron chi connectivity index (χ0n) is 17.9.